The number of rotatable bonds is 3. The van der Waals surface area contributed by atoms with E-state index < -0.39 is 0 Å². The second kappa shape index (κ2) is 5.78. The zero-order valence-corrected chi connectivity index (χ0v) is 12.7. The van der Waals surface area contributed by atoms with E-state index in [1.165, 1.54) is 5.56 Å². The molecule has 0 aromatic heterocycles. The standard InChI is InChI=1S/C17H17ClN2O/c1-12-6-7-14(10-15(12)18)19-17(21)11-20-9-8-13-4-2-3-5-16(13)20/h2-7,10H,8-9,11H2,1H3,(H,19,21). The van der Waals surface area contributed by atoms with Crippen LogP contribution >= 0.6 is 11.6 Å². The molecule has 1 amide bonds. The van der Waals surface area contributed by atoms with Gasteiger partial charge in [-0.3, -0.25) is 4.79 Å². The number of hydrogen-bond acceptors (Lipinski definition) is 2. The predicted octanol–water partition coefficient (Wildman–Crippen LogP) is 3.65. The lowest BCUT2D eigenvalue weighted by molar-refractivity contribution is -0.115. The van der Waals surface area contributed by atoms with Gasteiger partial charge in [0.05, 0.1) is 6.54 Å². The molecule has 21 heavy (non-hydrogen) atoms. The van der Waals surface area contributed by atoms with Gasteiger partial charge in [-0.1, -0.05) is 35.9 Å². The lowest BCUT2D eigenvalue weighted by Gasteiger charge is -2.18. The Labute approximate surface area is 129 Å². The molecule has 3 nitrogen and oxygen atoms in total. The third-order valence-corrected chi connectivity index (χ3v) is 4.18. The van der Waals surface area contributed by atoms with Crippen LogP contribution in [0.5, 0.6) is 0 Å². The third-order valence-electron chi connectivity index (χ3n) is 3.77. The van der Waals surface area contributed by atoms with Gasteiger partial charge in [-0.25, -0.2) is 0 Å². The highest BCUT2D eigenvalue weighted by Crippen LogP contribution is 2.27. The van der Waals surface area contributed by atoms with E-state index in [0.29, 0.717) is 11.6 Å². The molecule has 0 radical (unpaired) electrons. The fourth-order valence-corrected chi connectivity index (χ4v) is 2.80. The first-order valence-corrected chi connectivity index (χ1v) is 7.40. The van der Waals surface area contributed by atoms with E-state index in [0.717, 1.165) is 29.9 Å². The Morgan fingerprint density at radius 3 is 2.90 bits per heavy atom. The quantitative estimate of drug-likeness (QED) is 0.938. The number of aryl methyl sites for hydroxylation is 1. The molecule has 0 bridgehead atoms. The summed E-state index contributed by atoms with van der Waals surface area (Å²) in [5.74, 6) is -0.0216. The van der Waals surface area contributed by atoms with Crippen molar-refractivity contribution in [1.82, 2.24) is 0 Å². The fourth-order valence-electron chi connectivity index (χ4n) is 2.62. The Kier molecular flexibility index (Phi) is 3.84. The topological polar surface area (TPSA) is 32.3 Å². The average Bonchev–Trinajstić information content (AvgIpc) is 2.86. The molecule has 1 N–H and O–H groups in total. The molecule has 4 heteroatoms. The molecular weight excluding hydrogens is 284 g/mol. The molecule has 3 rings (SSSR count). The second-order valence-electron chi connectivity index (χ2n) is 5.31. The highest BCUT2D eigenvalue weighted by Gasteiger charge is 2.20. The highest BCUT2D eigenvalue weighted by atomic mass is 35.5. The number of anilines is 2. The van der Waals surface area contributed by atoms with Crippen LogP contribution in [0, 0.1) is 6.92 Å². The van der Waals surface area contributed by atoms with E-state index in [-0.39, 0.29) is 5.91 Å². The van der Waals surface area contributed by atoms with Crippen molar-refractivity contribution in [3.8, 4) is 0 Å². The first kappa shape index (κ1) is 14.0. The van der Waals surface area contributed by atoms with Crippen LogP contribution in [0.2, 0.25) is 5.02 Å². The summed E-state index contributed by atoms with van der Waals surface area (Å²) in [5, 5.41) is 3.57. The summed E-state index contributed by atoms with van der Waals surface area (Å²) in [6, 6.07) is 13.8. The van der Waals surface area contributed by atoms with Gasteiger partial charge in [0.15, 0.2) is 0 Å². The molecule has 0 saturated heterocycles. The zero-order chi connectivity index (χ0) is 14.8. The minimum absolute atomic E-state index is 0.0216. The molecule has 0 atom stereocenters. The Morgan fingerprint density at radius 2 is 2.10 bits per heavy atom. The second-order valence-corrected chi connectivity index (χ2v) is 5.72. The van der Waals surface area contributed by atoms with Gasteiger partial charge in [0.25, 0.3) is 0 Å². The molecule has 2 aromatic carbocycles. The van der Waals surface area contributed by atoms with Crippen molar-refractivity contribution in [1.29, 1.82) is 0 Å². The summed E-state index contributed by atoms with van der Waals surface area (Å²) in [4.78, 5) is 14.3. The summed E-state index contributed by atoms with van der Waals surface area (Å²) in [6.07, 6.45) is 1.000. The van der Waals surface area contributed by atoms with Crippen molar-refractivity contribution in [2.45, 2.75) is 13.3 Å². The zero-order valence-electron chi connectivity index (χ0n) is 11.9. The van der Waals surface area contributed by atoms with Gasteiger partial charge in [0.1, 0.15) is 0 Å². The number of para-hydroxylation sites is 1. The van der Waals surface area contributed by atoms with E-state index in [1.807, 2.05) is 31.2 Å². The Morgan fingerprint density at radius 1 is 1.29 bits per heavy atom. The summed E-state index contributed by atoms with van der Waals surface area (Å²) >= 11 is 6.07. The molecule has 108 valence electrons. The van der Waals surface area contributed by atoms with Crippen molar-refractivity contribution in [3.63, 3.8) is 0 Å². The molecule has 1 heterocycles. The molecule has 1 aliphatic heterocycles. The maximum absolute atomic E-state index is 12.2. The van der Waals surface area contributed by atoms with Gasteiger partial charge in [-0.15, -0.1) is 0 Å². The summed E-state index contributed by atoms with van der Waals surface area (Å²) in [5.41, 5.74) is 4.21. The number of fused-ring (bicyclic) bond motifs is 1. The molecule has 0 unspecified atom stereocenters. The molecule has 1 aliphatic rings. The first-order valence-electron chi connectivity index (χ1n) is 7.02. The molecule has 0 aliphatic carbocycles. The minimum atomic E-state index is -0.0216. The number of nitrogens with zero attached hydrogens (tertiary/aromatic N) is 1. The first-order chi connectivity index (χ1) is 10.1. The van der Waals surface area contributed by atoms with Crippen molar-refractivity contribution in [2.75, 3.05) is 23.3 Å². The van der Waals surface area contributed by atoms with Crippen LogP contribution in [-0.2, 0) is 11.2 Å². The van der Waals surface area contributed by atoms with Crippen molar-refractivity contribution in [2.24, 2.45) is 0 Å². The number of carbonyl (C=O) groups is 1. The third kappa shape index (κ3) is 3.03. The Balaban J connectivity index is 1.66. The summed E-state index contributed by atoms with van der Waals surface area (Å²) in [7, 11) is 0. The average molecular weight is 301 g/mol. The van der Waals surface area contributed by atoms with Crippen molar-refractivity contribution in [3.05, 3.63) is 58.6 Å². The smallest absolute Gasteiger partial charge is 0.243 e. The molecule has 0 saturated carbocycles. The summed E-state index contributed by atoms with van der Waals surface area (Å²) < 4.78 is 0. The number of hydrogen-bond donors (Lipinski definition) is 1. The van der Waals surface area contributed by atoms with Gasteiger partial charge in [-0.05, 0) is 42.7 Å². The molecule has 0 spiro atoms. The van der Waals surface area contributed by atoms with Gasteiger partial charge < -0.3 is 10.2 Å². The van der Waals surface area contributed by atoms with Crippen LogP contribution in [0.15, 0.2) is 42.5 Å². The lowest BCUT2D eigenvalue weighted by Crippen LogP contribution is -2.31. The van der Waals surface area contributed by atoms with E-state index in [1.54, 1.807) is 6.07 Å². The van der Waals surface area contributed by atoms with E-state index in [2.05, 4.69) is 22.3 Å². The van der Waals surface area contributed by atoms with Gasteiger partial charge >= 0.3 is 0 Å². The van der Waals surface area contributed by atoms with Gasteiger partial charge in [0, 0.05) is 22.9 Å². The van der Waals surface area contributed by atoms with Crippen LogP contribution in [0.3, 0.4) is 0 Å². The largest absolute Gasteiger partial charge is 0.362 e. The van der Waals surface area contributed by atoms with Crippen LogP contribution in [0.4, 0.5) is 11.4 Å². The number of halogens is 1. The minimum Gasteiger partial charge on any atom is -0.362 e. The normalized spacial score (nSPS) is 13.1. The van der Waals surface area contributed by atoms with Crippen LogP contribution in [0.1, 0.15) is 11.1 Å². The van der Waals surface area contributed by atoms with Crippen molar-refractivity contribution < 1.29 is 4.79 Å². The number of amides is 1. The SMILES string of the molecule is Cc1ccc(NC(=O)CN2CCc3ccccc32)cc1Cl. The Hall–Kier alpha value is -2.00. The van der Waals surface area contributed by atoms with Gasteiger partial charge in [-0.2, -0.15) is 0 Å². The van der Waals surface area contributed by atoms with E-state index in [4.69, 9.17) is 11.6 Å². The Bertz CT molecular complexity index is 684. The lowest BCUT2D eigenvalue weighted by atomic mass is 10.2. The number of benzene rings is 2. The number of nitrogens with one attached hydrogen (secondary N) is 1. The predicted molar refractivity (Wildman–Crippen MR) is 87.2 cm³/mol. The van der Waals surface area contributed by atoms with E-state index >= 15 is 0 Å². The monoisotopic (exact) mass is 300 g/mol. The van der Waals surface area contributed by atoms with Crippen LogP contribution in [-0.4, -0.2) is 19.0 Å². The van der Waals surface area contributed by atoms with E-state index in [9.17, 15) is 4.79 Å². The molecule has 2 aromatic rings. The van der Waals surface area contributed by atoms with Crippen LogP contribution < -0.4 is 10.2 Å². The van der Waals surface area contributed by atoms with Gasteiger partial charge in [0.2, 0.25) is 5.91 Å². The number of carbonyl (C=O) groups excluding carboxylic acids is 1. The van der Waals surface area contributed by atoms with Crippen LogP contribution in [0.25, 0.3) is 0 Å². The van der Waals surface area contributed by atoms with Crippen molar-refractivity contribution >= 4 is 28.9 Å². The summed E-state index contributed by atoms with van der Waals surface area (Å²) in [6.45, 7) is 3.19. The highest BCUT2D eigenvalue weighted by molar-refractivity contribution is 6.31. The fraction of sp³-hybridized carbons (Fsp3) is 0.235. The maximum Gasteiger partial charge on any atom is 0.243 e. The maximum atomic E-state index is 12.2. The molecule has 0 fully saturated rings. The molecular formula is C17H17ClN2O.